The number of aliphatic hydroxyl groups excluding tert-OH is 1. The van der Waals surface area contributed by atoms with E-state index in [1.165, 1.54) is 11.3 Å². The van der Waals surface area contributed by atoms with Crippen LogP contribution in [0.1, 0.15) is 12.0 Å². The molecule has 2 rings (SSSR count). The van der Waals surface area contributed by atoms with Gasteiger partial charge in [-0.3, -0.25) is 4.90 Å². The van der Waals surface area contributed by atoms with Crippen molar-refractivity contribution in [2.24, 2.45) is 0 Å². The van der Waals surface area contributed by atoms with Crippen LogP contribution < -0.4 is 10.6 Å². The highest BCUT2D eigenvalue weighted by atomic mass is 16.3. The highest BCUT2D eigenvalue weighted by Crippen LogP contribution is 2.23. The number of nitrogens with two attached hydrogens (primary N) is 1. The Hall–Kier alpha value is -1.26. The number of hydrogen-bond acceptors (Lipinski definition) is 4. The van der Waals surface area contributed by atoms with E-state index < -0.39 is 0 Å². The van der Waals surface area contributed by atoms with Crippen molar-refractivity contribution in [1.29, 1.82) is 0 Å². The highest BCUT2D eigenvalue weighted by Gasteiger charge is 2.15. The molecular weight excluding hydrogens is 226 g/mol. The molecule has 18 heavy (non-hydrogen) atoms. The molecule has 1 aromatic rings. The molecule has 0 amide bonds. The van der Waals surface area contributed by atoms with Crippen LogP contribution in [0.5, 0.6) is 0 Å². The summed E-state index contributed by atoms with van der Waals surface area (Å²) in [6.07, 6.45) is 1.14. The zero-order valence-corrected chi connectivity index (χ0v) is 11.1. The molecule has 4 nitrogen and oxygen atoms in total. The molecule has 0 unspecified atom stereocenters. The number of hydrogen-bond donors (Lipinski definition) is 2. The van der Waals surface area contributed by atoms with Crippen LogP contribution in [0.3, 0.4) is 0 Å². The van der Waals surface area contributed by atoms with Gasteiger partial charge in [0.05, 0.1) is 6.61 Å². The molecule has 1 aromatic carbocycles. The van der Waals surface area contributed by atoms with Crippen molar-refractivity contribution in [3.05, 3.63) is 23.8 Å². The van der Waals surface area contributed by atoms with E-state index in [1.54, 1.807) is 0 Å². The second-order valence-corrected chi connectivity index (χ2v) is 4.95. The summed E-state index contributed by atoms with van der Waals surface area (Å²) in [5, 5.41) is 9.00. The smallest absolute Gasteiger partial charge is 0.0558 e. The maximum absolute atomic E-state index is 9.00. The normalized spacial score (nSPS) is 17.8. The van der Waals surface area contributed by atoms with Gasteiger partial charge in [0.15, 0.2) is 0 Å². The Balaban J connectivity index is 2.05. The predicted molar refractivity (Wildman–Crippen MR) is 75.9 cm³/mol. The number of aliphatic hydroxyl groups is 1. The number of anilines is 2. The van der Waals surface area contributed by atoms with Crippen LogP contribution in [0.2, 0.25) is 0 Å². The van der Waals surface area contributed by atoms with Crippen molar-refractivity contribution in [2.75, 3.05) is 50.0 Å². The van der Waals surface area contributed by atoms with Crippen molar-refractivity contribution in [2.45, 2.75) is 13.3 Å². The third-order valence-electron chi connectivity index (χ3n) is 3.57. The van der Waals surface area contributed by atoms with Gasteiger partial charge in [0.25, 0.3) is 0 Å². The minimum atomic E-state index is 0.251. The summed E-state index contributed by atoms with van der Waals surface area (Å²) in [4.78, 5) is 4.75. The maximum atomic E-state index is 9.00. The van der Waals surface area contributed by atoms with Crippen molar-refractivity contribution in [3.8, 4) is 0 Å². The quantitative estimate of drug-likeness (QED) is 0.787. The fourth-order valence-corrected chi connectivity index (χ4v) is 2.61. The van der Waals surface area contributed by atoms with Crippen LogP contribution >= 0.6 is 0 Å². The van der Waals surface area contributed by atoms with Crippen molar-refractivity contribution >= 4 is 11.4 Å². The molecule has 1 saturated heterocycles. The van der Waals surface area contributed by atoms with Gasteiger partial charge < -0.3 is 15.7 Å². The third kappa shape index (κ3) is 3.15. The molecule has 0 radical (unpaired) electrons. The average Bonchev–Trinajstić information content (AvgIpc) is 2.55. The van der Waals surface area contributed by atoms with Crippen LogP contribution in [0.4, 0.5) is 11.4 Å². The first-order valence-electron chi connectivity index (χ1n) is 6.65. The summed E-state index contributed by atoms with van der Waals surface area (Å²) in [7, 11) is 0. The van der Waals surface area contributed by atoms with Crippen LogP contribution in [0.25, 0.3) is 0 Å². The minimum Gasteiger partial charge on any atom is -0.399 e. The molecule has 1 heterocycles. The lowest BCUT2D eigenvalue weighted by atomic mass is 10.1. The van der Waals surface area contributed by atoms with Crippen molar-refractivity contribution in [3.63, 3.8) is 0 Å². The van der Waals surface area contributed by atoms with Gasteiger partial charge in [-0.2, -0.15) is 0 Å². The van der Waals surface area contributed by atoms with E-state index in [-0.39, 0.29) is 6.61 Å². The molecule has 0 aliphatic carbocycles. The Morgan fingerprint density at radius 1 is 1.22 bits per heavy atom. The first kappa shape index (κ1) is 13.2. The second kappa shape index (κ2) is 6.07. The topological polar surface area (TPSA) is 52.7 Å². The van der Waals surface area contributed by atoms with Crippen LogP contribution in [-0.2, 0) is 0 Å². The highest BCUT2D eigenvalue weighted by molar-refractivity contribution is 5.59. The van der Waals surface area contributed by atoms with Gasteiger partial charge in [0, 0.05) is 37.6 Å². The molecule has 4 heteroatoms. The van der Waals surface area contributed by atoms with Crippen molar-refractivity contribution < 1.29 is 5.11 Å². The molecule has 0 aromatic heterocycles. The van der Waals surface area contributed by atoms with E-state index in [4.69, 9.17) is 10.8 Å². The Bertz CT molecular complexity index is 395. The van der Waals surface area contributed by atoms with Gasteiger partial charge in [0.1, 0.15) is 0 Å². The summed E-state index contributed by atoms with van der Waals surface area (Å²) in [5.41, 5.74) is 9.15. The summed E-state index contributed by atoms with van der Waals surface area (Å²) >= 11 is 0. The lowest BCUT2D eigenvalue weighted by Gasteiger charge is -2.25. The molecule has 0 spiro atoms. The summed E-state index contributed by atoms with van der Waals surface area (Å²) in [6, 6.07) is 6.12. The van der Waals surface area contributed by atoms with E-state index >= 15 is 0 Å². The molecule has 0 bridgehead atoms. The average molecular weight is 249 g/mol. The minimum absolute atomic E-state index is 0.251. The van der Waals surface area contributed by atoms with Crippen LogP contribution in [0.15, 0.2) is 18.2 Å². The van der Waals surface area contributed by atoms with E-state index in [1.807, 2.05) is 12.1 Å². The number of β-amino-alcohol motifs (C(OH)–C–C–N with tert-alkyl or cyclic N) is 1. The van der Waals surface area contributed by atoms with E-state index in [2.05, 4.69) is 22.8 Å². The molecule has 1 aliphatic rings. The molecule has 100 valence electrons. The number of nitrogen functional groups attached to an aromatic ring is 1. The molecule has 1 aliphatic heterocycles. The fraction of sp³-hybridized carbons (Fsp3) is 0.571. The standard InChI is InChI=1S/C14H23N3O/c1-12-11-13(15)3-4-14(12)17-6-2-5-16(7-8-17)9-10-18/h3-4,11,18H,2,5-10,15H2,1H3. The molecular formula is C14H23N3O. The molecule has 1 fully saturated rings. The molecule has 0 atom stereocenters. The second-order valence-electron chi connectivity index (χ2n) is 4.95. The third-order valence-corrected chi connectivity index (χ3v) is 3.57. The first-order valence-corrected chi connectivity index (χ1v) is 6.65. The Morgan fingerprint density at radius 3 is 2.78 bits per heavy atom. The van der Waals surface area contributed by atoms with E-state index in [9.17, 15) is 0 Å². The van der Waals surface area contributed by atoms with Gasteiger partial charge in [0.2, 0.25) is 0 Å². The van der Waals surface area contributed by atoms with Crippen LogP contribution in [-0.4, -0.2) is 49.3 Å². The Labute approximate surface area is 109 Å². The molecule has 0 saturated carbocycles. The van der Waals surface area contributed by atoms with Crippen LogP contribution in [0, 0.1) is 6.92 Å². The van der Waals surface area contributed by atoms with Gasteiger partial charge in [-0.1, -0.05) is 0 Å². The fourth-order valence-electron chi connectivity index (χ4n) is 2.61. The number of aryl methyl sites for hydroxylation is 1. The first-order chi connectivity index (χ1) is 8.70. The summed E-state index contributed by atoms with van der Waals surface area (Å²) in [6.45, 7) is 7.34. The monoisotopic (exact) mass is 249 g/mol. The maximum Gasteiger partial charge on any atom is 0.0558 e. The lowest BCUT2D eigenvalue weighted by Crippen LogP contribution is -2.32. The summed E-state index contributed by atoms with van der Waals surface area (Å²) < 4.78 is 0. The number of benzene rings is 1. The number of nitrogens with zero attached hydrogens (tertiary/aromatic N) is 2. The number of rotatable bonds is 3. The Morgan fingerprint density at radius 2 is 2.06 bits per heavy atom. The largest absolute Gasteiger partial charge is 0.399 e. The Kier molecular flexibility index (Phi) is 4.44. The van der Waals surface area contributed by atoms with Gasteiger partial charge in [-0.25, -0.2) is 0 Å². The lowest BCUT2D eigenvalue weighted by molar-refractivity contribution is 0.204. The van der Waals surface area contributed by atoms with E-state index in [0.717, 1.165) is 44.8 Å². The zero-order valence-electron chi connectivity index (χ0n) is 11.1. The van der Waals surface area contributed by atoms with E-state index in [0.29, 0.717) is 0 Å². The zero-order chi connectivity index (χ0) is 13.0. The summed E-state index contributed by atoms with van der Waals surface area (Å²) in [5.74, 6) is 0. The SMILES string of the molecule is Cc1cc(N)ccc1N1CCCN(CCO)CC1. The van der Waals surface area contributed by atoms with Crippen molar-refractivity contribution in [1.82, 2.24) is 4.90 Å². The van der Waals surface area contributed by atoms with Gasteiger partial charge in [-0.15, -0.1) is 0 Å². The van der Waals surface area contributed by atoms with Gasteiger partial charge in [-0.05, 0) is 43.7 Å². The molecule has 3 N–H and O–H groups in total. The predicted octanol–water partition coefficient (Wildman–Crippen LogP) is 1.08. The van der Waals surface area contributed by atoms with Gasteiger partial charge >= 0.3 is 0 Å².